The summed E-state index contributed by atoms with van der Waals surface area (Å²) in [5, 5.41) is 33.8. The van der Waals surface area contributed by atoms with Crippen molar-refractivity contribution in [3.05, 3.63) is 36.0 Å². The van der Waals surface area contributed by atoms with Crippen molar-refractivity contribution in [2.45, 2.75) is 56.5 Å². The van der Waals surface area contributed by atoms with E-state index < -0.39 is 54.7 Å². The molecule has 16 nitrogen and oxygen atoms in total. The molecule has 0 aliphatic carbocycles. The number of rotatable bonds is 19. The zero-order valence-electron chi connectivity index (χ0n) is 23.7. The molecule has 2 aromatic rings. The molecule has 0 radical (unpaired) electrons. The molecule has 3 atom stereocenters. The van der Waals surface area contributed by atoms with Gasteiger partial charge >= 0.3 is 5.97 Å². The van der Waals surface area contributed by atoms with E-state index in [2.05, 4.69) is 36.9 Å². The second-order valence-corrected chi connectivity index (χ2v) is 9.75. The summed E-state index contributed by atoms with van der Waals surface area (Å²) in [6, 6.07) is 4.60. The largest absolute Gasteiger partial charge is 0.480 e. The first-order valence-electron chi connectivity index (χ1n) is 13.7. The average Bonchev–Trinajstić information content (AvgIpc) is 3.35. The van der Waals surface area contributed by atoms with Gasteiger partial charge in [-0.3, -0.25) is 25.1 Å². The predicted molar refractivity (Wildman–Crippen MR) is 158 cm³/mol. The lowest BCUT2D eigenvalue weighted by Crippen LogP contribution is -2.54. The molecule has 1 aromatic heterocycles. The summed E-state index contributed by atoms with van der Waals surface area (Å²) in [6.45, 7) is 0.307. The fraction of sp³-hybridized carbons (Fsp3) is 0.500. The normalized spacial score (nSPS) is 13.2. The number of H-pyrrole nitrogens is 1. The Balaban J connectivity index is 1.97. The van der Waals surface area contributed by atoms with Gasteiger partial charge < -0.3 is 53.9 Å². The summed E-state index contributed by atoms with van der Waals surface area (Å²) in [5.74, 6) is -3.10. The summed E-state index contributed by atoms with van der Waals surface area (Å²) < 4.78 is 0. The van der Waals surface area contributed by atoms with E-state index in [9.17, 15) is 24.3 Å². The van der Waals surface area contributed by atoms with Crippen LogP contribution in [0.25, 0.3) is 10.9 Å². The lowest BCUT2D eigenvalue weighted by molar-refractivity contribution is -0.141. The molecule has 1 heterocycles. The molecule has 1 aromatic carbocycles. The highest BCUT2D eigenvalue weighted by Crippen LogP contribution is 2.19. The average molecular weight is 590 g/mol. The van der Waals surface area contributed by atoms with Crippen LogP contribution in [0, 0.1) is 5.41 Å². The maximum Gasteiger partial charge on any atom is 0.326 e. The number of likely N-dealkylation sites (N-methyl/N-ethyl adjacent to an activating group) is 1. The van der Waals surface area contributed by atoms with Crippen LogP contribution in [0.2, 0.25) is 0 Å². The molecule has 15 N–H and O–H groups in total. The lowest BCUT2D eigenvalue weighted by Gasteiger charge is -2.23. The number of para-hydroxylation sites is 1. The molecule has 0 saturated carbocycles. The van der Waals surface area contributed by atoms with Crippen molar-refractivity contribution in [3.63, 3.8) is 0 Å². The Bertz CT molecular complexity index is 1200. The van der Waals surface area contributed by atoms with E-state index in [-0.39, 0.29) is 18.8 Å². The Hall–Kier alpha value is -4.25. The molecule has 0 spiro atoms. The van der Waals surface area contributed by atoms with Gasteiger partial charge in [-0.05, 0) is 50.9 Å². The molecule has 42 heavy (non-hydrogen) atoms. The van der Waals surface area contributed by atoms with Gasteiger partial charge in [0.15, 0.2) is 5.96 Å². The third kappa shape index (κ3) is 11.7. The first-order valence-corrected chi connectivity index (χ1v) is 13.7. The van der Waals surface area contributed by atoms with Crippen LogP contribution in [0.3, 0.4) is 0 Å². The van der Waals surface area contributed by atoms with Gasteiger partial charge in [-0.15, -0.1) is 0 Å². The fourth-order valence-electron chi connectivity index (χ4n) is 4.31. The molecule has 3 amide bonds. The maximum absolute atomic E-state index is 13.0. The van der Waals surface area contributed by atoms with Crippen molar-refractivity contribution in [2.24, 2.45) is 17.2 Å². The Morgan fingerprint density at radius 1 is 0.952 bits per heavy atom. The molecule has 0 saturated heterocycles. The number of carbonyl (C=O) groups excluding carboxylic acids is 3. The number of hydrogen-bond donors (Lipinski definition) is 12. The van der Waals surface area contributed by atoms with Gasteiger partial charge in [0, 0.05) is 30.1 Å². The summed E-state index contributed by atoms with van der Waals surface area (Å²) in [5.41, 5.74) is 17.8. The third-order valence-corrected chi connectivity index (χ3v) is 6.49. The zero-order chi connectivity index (χ0) is 31.1. The van der Waals surface area contributed by atoms with Crippen molar-refractivity contribution < 1.29 is 24.3 Å². The second kappa shape index (κ2) is 17.5. The number of carbonyl (C=O) groups is 4. The maximum atomic E-state index is 13.0. The van der Waals surface area contributed by atoms with E-state index in [1.165, 1.54) is 0 Å². The number of nitrogens with one attached hydrogen (secondary N) is 8. The topological polar surface area (TPSA) is 278 Å². The van der Waals surface area contributed by atoms with Gasteiger partial charge in [0.1, 0.15) is 18.4 Å². The number of guanidine groups is 1. The monoisotopic (exact) mass is 589 g/mol. The minimum atomic E-state index is -1.22. The van der Waals surface area contributed by atoms with Crippen LogP contribution < -0.4 is 49.1 Å². The van der Waals surface area contributed by atoms with E-state index >= 15 is 0 Å². The van der Waals surface area contributed by atoms with E-state index in [1.54, 1.807) is 13.2 Å². The van der Waals surface area contributed by atoms with Gasteiger partial charge in [-0.2, -0.15) is 0 Å². The molecule has 0 fully saturated rings. The van der Waals surface area contributed by atoms with Crippen LogP contribution in [-0.2, 0) is 25.6 Å². The molecule has 0 unspecified atom stereocenters. The highest BCUT2D eigenvalue weighted by Gasteiger charge is 2.26. The highest BCUT2D eigenvalue weighted by molar-refractivity contribution is 5.93. The van der Waals surface area contributed by atoms with E-state index in [4.69, 9.17) is 22.6 Å². The zero-order valence-corrected chi connectivity index (χ0v) is 23.7. The number of carboxylic acids is 1. The molecule has 0 aliphatic heterocycles. The first kappa shape index (κ1) is 34.0. The molecular weight excluding hydrogens is 546 g/mol. The molecular formula is C26H43N11O5. The van der Waals surface area contributed by atoms with Gasteiger partial charge in [-0.25, -0.2) is 4.79 Å². The Kier molecular flexibility index (Phi) is 14.2. The SMILES string of the molecule is CN[C@@H](CCCNC(=N)N)C(=O)N[C@@H](CCCNC(N)N)C(=O)NCC(=O)N[C@@H](Cc1c[nH]c2ccccc12)C(=O)O. The van der Waals surface area contributed by atoms with E-state index in [0.29, 0.717) is 32.4 Å². The minimum absolute atomic E-state index is 0.0430. The summed E-state index contributed by atoms with van der Waals surface area (Å²) >= 11 is 0. The van der Waals surface area contributed by atoms with Gasteiger partial charge in [0.05, 0.1) is 12.6 Å². The predicted octanol–water partition coefficient (Wildman–Crippen LogP) is -2.70. The minimum Gasteiger partial charge on any atom is -0.480 e. The number of aromatic nitrogens is 1. The summed E-state index contributed by atoms with van der Waals surface area (Å²) in [7, 11) is 1.61. The van der Waals surface area contributed by atoms with Gasteiger partial charge in [0.2, 0.25) is 17.7 Å². The molecule has 232 valence electrons. The number of carboxylic acid groups (broad SMARTS) is 1. The number of fused-ring (bicyclic) bond motifs is 1. The number of aliphatic carboxylic acids is 1. The van der Waals surface area contributed by atoms with Crippen molar-refractivity contribution in [2.75, 3.05) is 26.7 Å². The second-order valence-electron chi connectivity index (χ2n) is 9.75. The molecule has 0 aliphatic rings. The highest BCUT2D eigenvalue weighted by atomic mass is 16.4. The van der Waals surface area contributed by atoms with Crippen molar-refractivity contribution in [3.8, 4) is 0 Å². The Morgan fingerprint density at radius 3 is 2.31 bits per heavy atom. The molecule has 16 heteroatoms. The van der Waals surface area contributed by atoms with Crippen LogP contribution in [0.4, 0.5) is 0 Å². The molecule has 0 bridgehead atoms. The fourth-order valence-corrected chi connectivity index (χ4v) is 4.31. The number of nitrogens with two attached hydrogens (primary N) is 3. The third-order valence-electron chi connectivity index (χ3n) is 6.49. The van der Waals surface area contributed by atoms with Crippen LogP contribution in [0.5, 0.6) is 0 Å². The van der Waals surface area contributed by atoms with Crippen LogP contribution in [0.15, 0.2) is 30.5 Å². The van der Waals surface area contributed by atoms with Gasteiger partial charge in [0.25, 0.3) is 0 Å². The number of benzene rings is 1. The van der Waals surface area contributed by atoms with Crippen molar-refractivity contribution in [1.82, 2.24) is 36.9 Å². The number of aromatic amines is 1. The number of amides is 3. The smallest absolute Gasteiger partial charge is 0.326 e. The van der Waals surface area contributed by atoms with Crippen molar-refractivity contribution >= 4 is 40.6 Å². The van der Waals surface area contributed by atoms with Crippen molar-refractivity contribution in [1.29, 1.82) is 5.41 Å². The summed E-state index contributed by atoms with van der Waals surface area (Å²) in [6.07, 6.45) is 2.62. The first-order chi connectivity index (χ1) is 20.0. The van der Waals surface area contributed by atoms with Gasteiger partial charge in [-0.1, -0.05) is 18.2 Å². The van der Waals surface area contributed by atoms with Crippen LogP contribution >= 0.6 is 0 Å². The lowest BCUT2D eigenvalue weighted by atomic mass is 10.0. The Morgan fingerprint density at radius 2 is 1.64 bits per heavy atom. The van der Waals surface area contributed by atoms with Crippen LogP contribution in [-0.4, -0.2) is 90.8 Å². The van der Waals surface area contributed by atoms with E-state index in [0.717, 1.165) is 16.5 Å². The molecule has 2 rings (SSSR count). The summed E-state index contributed by atoms with van der Waals surface area (Å²) in [4.78, 5) is 53.5. The Labute approximate surface area is 243 Å². The quantitative estimate of drug-likeness (QED) is 0.0347. The number of hydrogen-bond acceptors (Lipinski definition) is 9. The van der Waals surface area contributed by atoms with E-state index in [1.807, 2.05) is 24.3 Å². The van der Waals surface area contributed by atoms with Crippen LogP contribution in [0.1, 0.15) is 31.2 Å². The standard InChI is InChI=1S/C26H43N11O5/c1-31-18(8-4-10-32-25(27)28)23(40)37-19(9-5-11-33-26(29)30)22(39)35-14-21(38)36-20(24(41)42)12-15-13-34-17-7-3-2-6-16(15)17/h2-3,6-7,13,18-20,26,31,33-34H,4-5,8-12,14,29-30H2,1H3,(H,35,39)(H,36,38)(H,37,40)(H,41,42)(H4,27,28,32)/t18-,19-,20-/m0/s1.